The first-order valence-corrected chi connectivity index (χ1v) is 5.38. The van der Waals surface area contributed by atoms with E-state index in [-0.39, 0.29) is 5.78 Å². The van der Waals surface area contributed by atoms with Gasteiger partial charge in [-0.25, -0.2) is 4.21 Å². The van der Waals surface area contributed by atoms with Crippen LogP contribution in [0.4, 0.5) is 5.69 Å². The maximum Gasteiger partial charge on any atom is 0.178 e. The van der Waals surface area contributed by atoms with Crippen LogP contribution in [0.25, 0.3) is 0 Å². The number of Topliss-reactive ketones (excluding diaryl/α,β-unsaturated/α-hetero) is 1. The highest BCUT2D eigenvalue weighted by molar-refractivity contribution is 7.69. The minimum absolute atomic E-state index is 0.110. The molecule has 15 heavy (non-hydrogen) atoms. The Hall–Kier alpha value is -1.27. The molecular weight excluding hydrogens is 216 g/mol. The molecule has 5 nitrogen and oxygen atoms in total. The normalized spacial score (nSPS) is 12.7. The molecule has 0 spiro atoms. The molecule has 0 aliphatic rings. The standard InChI is InChI=1S/C9H12N2O3S/c1-6-4-8(7(2)12)10-5-9(6)11-15(13)14-3/h4-5,15H,1-3H3. The topological polar surface area (TPSA) is 68.6 Å². The molecule has 0 bridgehead atoms. The zero-order chi connectivity index (χ0) is 11.4. The number of aryl methyl sites for hydroxylation is 1. The van der Waals surface area contributed by atoms with Crippen molar-refractivity contribution in [3.05, 3.63) is 23.5 Å². The molecule has 1 aromatic heterocycles. The van der Waals surface area contributed by atoms with Gasteiger partial charge in [-0.3, -0.25) is 14.0 Å². The quantitative estimate of drug-likeness (QED) is 0.628. The first-order valence-electron chi connectivity index (χ1n) is 4.25. The van der Waals surface area contributed by atoms with E-state index in [2.05, 4.69) is 13.5 Å². The summed E-state index contributed by atoms with van der Waals surface area (Å²) in [4.78, 5) is 14.9. The maximum absolute atomic E-state index is 11.0. The van der Waals surface area contributed by atoms with Crippen LogP contribution in [0.1, 0.15) is 23.0 Å². The van der Waals surface area contributed by atoms with Crippen molar-refractivity contribution in [3.63, 3.8) is 0 Å². The molecule has 0 saturated heterocycles. The van der Waals surface area contributed by atoms with E-state index in [4.69, 9.17) is 0 Å². The third kappa shape index (κ3) is 3.10. The first-order chi connectivity index (χ1) is 7.04. The van der Waals surface area contributed by atoms with E-state index in [9.17, 15) is 9.00 Å². The van der Waals surface area contributed by atoms with Gasteiger partial charge in [0.15, 0.2) is 16.7 Å². The minimum Gasteiger partial charge on any atom is -0.293 e. The Balaban J connectivity index is 3.14. The van der Waals surface area contributed by atoms with Gasteiger partial charge in [0.05, 0.1) is 19.0 Å². The second kappa shape index (κ2) is 4.99. The fourth-order valence-electron chi connectivity index (χ4n) is 0.975. The summed E-state index contributed by atoms with van der Waals surface area (Å²) in [5, 5.41) is 0. The van der Waals surface area contributed by atoms with Gasteiger partial charge in [0, 0.05) is 6.92 Å². The molecule has 0 amide bonds. The number of ketones is 1. The van der Waals surface area contributed by atoms with Crippen LogP contribution in [-0.2, 0) is 15.1 Å². The van der Waals surface area contributed by atoms with Crippen molar-refractivity contribution >= 4 is 22.3 Å². The average Bonchev–Trinajstić information content (AvgIpc) is 2.20. The Morgan fingerprint density at radius 2 is 2.27 bits per heavy atom. The van der Waals surface area contributed by atoms with Crippen LogP contribution in [0.5, 0.6) is 0 Å². The summed E-state index contributed by atoms with van der Waals surface area (Å²) in [7, 11) is -0.731. The second-order valence-electron chi connectivity index (χ2n) is 2.93. The van der Waals surface area contributed by atoms with Gasteiger partial charge in [-0.1, -0.05) is 0 Å². The van der Waals surface area contributed by atoms with Gasteiger partial charge in [0.2, 0.25) is 0 Å². The Morgan fingerprint density at radius 3 is 2.73 bits per heavy atom. The smallest absolute Gasteiger partial charge is 0.178 e. The Kier molecular flexibility index (Phi) is 3.93. The summed E-state index contributed by atoms with van der Waals surface area (Å²) in [5.41, 5.74) is 1.60. The molecule has 82 valence electrons. The number of thiol groups is 1. The zero-order valence-corrected chi connectivity index (χ0v) is 9.62. The van der Waals surface area contributed by atoms with Crippen molar-refractivity contribution in [1.29, 1.82) is 0 Å². The van der Waals surface area contributed by atoms with E-state index in [0.717, 1.165) is 5.56 Å². The number of carbonyl (C=O) groups excluding carboxylic acids is 1. The predicted octanol–water partition coefficient (Wildman–Crippen LogP) is 1.45. The third-order valence-corrected chi connectivity index (χ3v) is 2.48. The number of carbonyl (C=O) groups is 1. The maximum atomic E-state index is 11.0. The molecule has 0 N–H and O–H groups in total. The van der Waals surface area contributed by atoms with E-state index in [1.54, 1.807) is 13.0 Å². The summed E-state index contributed by atoms with van der Waals surface area (Å²) in [6, 6.07) is 1.61. The monoisotopic (exact) mass is 228 g/mol. The lowest BCUT2D eigenvalue weighted by Crippen LogP contribution is -1.96. The number of aromatic nitrogens is 1. The molecule has 1 rings (SSSR count). The molecule has 0 saturated carbocycles. The molecule has 0 fully saturated rings. The molecule has 1 aromatic rings. The van der Waals surface area contributed by atoms with E-state index in [1.165, 1.54) is 20.2 Å². The molecule has 1 unspecified atom stereocenters. The average molecular weight is 228 g/mol. The zero-order valence-electron chi connectivity index (χ0n) is 8.72. The SMILES string of the molecule is CO[SH](=O)=Nc1cnc(C(C)=O)cc1C. The van der Waals surface area contributed by atoms with Crippen LogP contribution in [-0.4, -0.2) is 22.1 Å². The fraction of sp³-hybridized carbons (Fsp3) is 0.333. The number of rotatable bonds is 3. The third-order valence-electron chi connectivity index (χ3n) is 1.79. The van der Waals surface area contributed by atoms with Gasteiger partial charge in [-0.15, -0.1) is 0 Å². The van der Waals surface area contributed by atoms with Crippen LogP contribution in [0.15, 0.2) is 16.6 Å². The van der Waals surface area contributed by atoms with Gasteiger partial charge in [0.25, 0.3) is 0 Å². The number of pyridine rings is 1. The molecule has 6 heteroatoms. The highest BCUT2D eigenvalue weighted by Crippen LogP contribution is 2.18. The number of hydrogen-bond donors (Lipinski definition) is 1. The molecule has 0 aromatic carbocycles. The van der Waals surface area contributed by atoms with Gasteiger partial charge in [-0.2, -0.15) is 4.36 Å². The van der Waals surface area contributed by atoms with Crippen LogP contribution in [0.3, 0.4) is 0 Å². The summed E-state index contributed by atoms with van der Waals surface area (Å²) < 4.78 is 19.3. The van der Waals surface area contributed by atoms with Crippen LogP contribution in [0.2, 0.25) is 0 Å². The first kappa shape index (κ1) is 11.8. The van der Waals surface area contributed by atoms with Crippen LogP contribution in [0, 0.1) is 6.92 Å². The van der Waals surface area contributed by atoms with Crippen molar-refractivity contribution in [2.24, 2.45) is 4.36 Å². The lowest BCUT2D eigenvalue weighted by molar-refractivity contribution is 0.101. The van der Waals surface area contributed by atoms with Crippen molar-refractivity contribution in [2.75, 3.05) is 7.11 Å². The summed E-state index contributed by atoms with van der Waals surface area (Å²) in [6.07, 6.45) is 1.41. The lowest BCUT2D eigenvalue weighted by atomic mass is 10.2. The molecule has 1 heterocycles. The lowest BCUT2D eigenvalue weighted by Gasteiger charge is -2.00. The largest absolute Gasteiger partial charge is 0.293 e. The van der Waals surface area contributed by atoms with Crippen molar-refractivity contribution in [3.8, 4) is 0 Å². The van der Waals surface area contributed by atoms with E-state index < -0.39 is 10.9 Å². The predicted molar refractivity (Wildman–Crippen MR) is 57.6 cm³/mol. The fourth-order valence-corrected chi connectivity index (χ4v) is 1.44. The van der Waals surface area contributed by atoms with E-state index >= 15 is 0 Å². The molecule has 0 radical (unpaired) electrons. The molecule has 0 aliphatic heterocycles. The Bertz CT molecular complexity index is 464. The summed E-state index contributed by atoms with van der Waals surface area (Å²) >= 11 is 0. The van der Waals surface area contributed by atoms with E-state index in [0.29, 0.717) is 11.4 Å². The number of hydrogen-bond acceptors (Lipinski definition) is 5. The Labute approximate surface area is 89.9 Å². The van der Waals surface area contributed by atoms with Gasteiger partial charge in [-0.05, 0) is 18.6 Å². The summed E-state index contributed by atoms with van der Waals surface area (Å²) in [6.45, 7) is 3.21. The highest BCUT2D eigenvalue weighted by Gasteiger charge is 2.04. The van der Waals surface area contributed by atoms with Crippen molar-refractivity contribution < 1.29 is 13.2 Å². The van der Waals surface area contributed by atoms with Crippen molar-refractivity contribution in [1.82, 2.24) is 4.98 Å². The van der Waals surface area contributed by atoms with Crippen molar-refractivity contribution in [2.45, 2.75) is 13.8 Å². The second-order valence-corrected chi connectivity index (χ2v) is 3.97. The van der Waals surface area contributed by atoms with Crippen LogP contribution >= 0.6 is 0 Å². The van der Waals surface area contributed by atoms with Gasteiger partial charge >= 0.3 is 0 Å². The molecule has 1 atom stereocenters. The van der Waals surface area contributed by atoms with Gasteiger partial charge in [0.1, 0.15) is 5.69 Å². The van der Waals surface area contributed by atoms with E-state index in [1.807, 2.05) is 0 Å². The molecular formula is C9H12N2O3S. The molecule has 0 aliphatic carbocycles. The minimum atomic E-state index is -2.05. The highest BCUT2D eigenvalue weighted by atomic mass is 32.2. The Morgan fingerprint density at radius 1 is 1.60 bits per heavy atom. The summed E-state index contributed by atoms with van der Waals surface area (Å²) in [5.74, 6) is -0.110. The van der Waals surface area contributed by atoms with Crippen LogP contribution < -0.4 is 0 Å². The van der Waals surface area contributed by atoms with Gasteiger partial charge < -0.3 is 0 Å². The number of nitrogens with zero attached hydrogens (tertiary/aromatic N) is 2.